The normalized spacial score (nSPS) is 11.7. The summed E-state index contributed by atoms with van der Waals surface area (Å²) in [5.74, 6) is -2.49. The van der Waals surface area contributed by atoms with Gasteiger partial charge in [-0.1, -0.05) is 63.9 Å². The topological polar surface area (TPSA) is 125 Å². The number of carbonyl (C=O) groups excluding carboxylic acids is 3. The fourth-order valence-electron chi connectivity index (χ4n) is 3.76. The first-order valence-electron chi connectivity index (χ1n) is 12.8. The molecule has 218 valence electrons. The predicted octanol–water partition coefficient (Wildman–Crippen LogP) is 7.33. The number of nitrogens with one attached hydrogen (secondary N) is 3. The van der Waals surface area contributed by atoms with Crippen LogP contribution in [-0.2, 0) is 9.59 Å². The Hall–Kier alpha value is -4.38. The Balaban J connectivity index is 1.48. The van der Waals surface area contributed by atoms with Crippen molar-refractivity contribution in [3.05, 3.63) is 129 Å². The van der Waals surface area contributed by atoms with E-state index >= 15 is 0 Å². The first kappa shape index (κ1) is 31.6. The molecule has 11 heteroatoms. The van der Waals surface area contributed by atoms with Gasteiger partial charge in [0.1, 0.15) is 5.70 Å². The van der Waals surface area contributed by atoms with Crippen LogP contribution in [0, 0.1) is 0 Å². The van der Waals surface area contributed by atoms with Crippen molar-refractivity contribution in [1.29, 1.82) is 0 Å². The van der Waals surface area contributed by atoms with E-state index in [9.17, 15) is 24.3 Å². The van der Waals surface area contributed by atoms with E-state index in [0.717, 1.165) is 4.47 Å². The largest absolute Gasteiger partial charge is 0.478 e. The van der Waals surface area contributed by atoms with Gasteiger partial charge in [0, 0.05) is 20.6 Å². The van der Waals surface area contributed by atoms with Gasteiger partial charge in [-0.15, -0.1) is 11.8 Å². The van der Waals surface area contributed by atoms with Crippen LogP contribution in [0.1, 0.15) is 33.2 Å². The molecule has 4 aromatic rings. The first-order valence-corrected chi connectivity index (χ1v) is 14.9. The Morgan fingerprint density at radius 2 is 1.58 bits per heavy atom. The number of halogens is 2. The molecule has 0 aliphatic heterocycles. The van der Waals surface area contributed by atoms with Crippen LogP contribution < -0.4 is 16.0 Å². The van der Waals surface area contributed by atoms with Crippen molar-refractivity contribution in [2.75, 3.05) is 10.6 Å². The standard InChI is InChI=1S/C32H25BrClN3O5S/c1-19(29(38)36-27-17-22(32(41)42)12-15-26(27)34)43-25-9-5-8-24(18-25)35-31(40)28(16-20-10-13-23(33)14-11-20)37-30(39)21-6-3-2-4-7-21/h2-19H,1H3,(H,35,40)(H,36,38)(H,37,39)(H,41,42)/b28-16-. The second-order valence-electron chi connectivity index (χ2n) is 9.16. The van der Waals surface area contributed by atoms with E-state index in [2.05, 4.69) is 31.9 Å². The number of hydrogen-bond donors (Lipinski definition) is 4. The van der Waals surface area contributed by atoms with Crippen molar-refractivity contribution >= 4 is 80.4 Å². The number of carboxylic acids is 1. The molecule has 0 radical (unpaired) electrons. The molecule has 0 saturated heterocycles. The molecule has 0 aromatic heterocycles. The molecule has 0 aliphatic carbocycles. The minimum atomic E-state index is -1.14. The lowest BCUT2D eigenvalue weighted by molar-refractivity contribution is -0.115. The number of thioether (sulfide) groups is 1. The number of hydrogen-bond acceptors (Lipinski definition) is 5. The summed E-state index contributed by atoms with van der Waals surface area (Å²) in [6.45, 7) is 1.69. The molecule has 43 heavy (non-hydrogen) atoms. The second-order valence-corrected chi connectivity index (χ2v) is 11.9. The van der Waals surface area contributed by atoms with E-state index in [1.165, 1.54) is 30.0 Å². The van der Waals surface area contributed by atoms with Gasteiger partial charge in [-0.3, -0.25) is 14.4 Å². The lowest BCUT2D eigenvalue weighted by Crippen LogP contribution is -2.30. The Labute approximate surface area is 265 Å². The molecule has 4 N–H and O–H groups in total. The number of rotatable bonds is 10. The summed E-state index contributed by atoms with van der Waals surface area (Å²) >= 11 is 10.8. The van der Waals surface area contributed by atoms with Crippen LogP contribution in [0.5, 0.6) is 0 Å². The van der Waals surface area contributed by atoms with Gasteiger partial charge in [0.2, 0.25) is 5.91 Å². The summed E-state index contributed by atoms with van der Waals surface area (Å²) in [6.07, 6.45) is 1.58. The summed E-state index contributed by atoms with van der Waals surface area (Å²) in [4.78, 5) is 51.1. The molecular formula is C32H25BrClN3O5S. The van der Waals surface area contributed by atoms with Gasteiger partial charge in [0.15, 0.2) is 0 Å². The molecule has 0 heterocycles. The molecule has 4 rings (SSSR count). The highest BCUT2D eigenvalue weighted by Gasteiger charge is 2.19. The van der Waals surface area contributed by atoms with Crippen LogP contribution in [0.15, 0.2) is 112 Å². The average molecular weight is 679 g/mol. The fourth-order valence-corrected chi connectivity index (χ4v) is 5.12. The van der Waals surface area contributed by atoms with Gasteiger partial charge in [0.05, 0.1) is 21.5 Å². The maximum Gasteiger partial charge on any atom is 0.335 e. The van der Waals surface area contributed by atoms with Gasteiger partial charge in [-0.05, 0) is 79.2 Å². The first-order chi connectivity index (χ1) is 20.6. The smallest absolute Gasteiger partial charge is 0.335 e. The Morgan fingerprint density at radius 3 is 2.28 bits per heavy atom. The van der Waals surface area contributed by atoms with Gasteiger partial charge in [0.25, 0.3) is 11.8 Å². The molecule has 0 spiro atoms. The minimum absolute atomic E-state index is 0.00281. The lowest BCUT2D eigenvalue weighted by Gasteiger charge is -2.15. The molecule has 0 aliphatic rings. The molecule has 3 amide bonds. The van der Waals surface area contributed by atoms with Crippen LogP contribution in [0.25, 0.3) is 6.08 Å². The van der Waals surface area contributed by atoms with Crippen molar-refractivity contribution in [2.24, 2.45) is 0 Å². The number of carbonyl (C=O) groups is 4. The van der Waals surface area contributed by atoms with Crippen molar-refractivity contribution in [2.45, 2.75) is 17.1 Å². The Kier molecular flexibility index (Phi) is 10.8. The van der Waals surface area contributed by atoms with E-state index in [1.807, 2.05) is 12.1 Å². The SMILES string of the molecule is CC(Sc1cccc(NC(=O)/C(=C/c2ccc(Br)cc2)NC(=O)c2ccccc2)c1)C(=O)Nc1cc(C(=O)O)ccc1Cl. The summed E-state index contributed by atoms with van der Waals surface area (Å²) in [5, 5.41) is 17.0. The Bertz CT molecular complexity index is 1700. The third-order valence-electron chi connectivity index (χ3n) is 5.95. The highest BCUT2D eigenvalue weighted by molar-refractivity contribution is 9.10. The second kappa shape index (κ2) is 14.7. The van der Waals surface area contributed by atoms with E-state index in [0.29, 0.717) is 21.7 Å². The van der Waals surface area contributed by atoms with Crippen LogP contribution in [0.2, 0.25) is 5.02 Å². The van der Waals surface area contributed by atoms with Gasteiger partial charge in [-0.25, -0.2) is 4.79 Å². The van der Waals surface area contributed by atoms with E-state index < -0.39 is 23.0 Å². The number of amides is 3. The maximum atomic E-state index is 13.4. The molecule has 0 bridgehead atoms. The van der Waals surface area contributed by atoms with Crippen molar-refractivity contribution < 1.29 is 24.3 Å². The molecule has 0 saturated carbocycles. The third-order valence-corrected chi connectivity index (χ3v) is 7.91. The third kappa shape index (κ3) is 9.05. The van der Waals surface area contributed by atoms with Crippen molar-refractivity contribution in [3.8, 4) is 0 Å². The number of carboxylic acid groups (broad SMARTS) is 1. The van der Waals surface area contributed by atoms with Crippen LogP contribution in [0.4, 0.5) is 11.4 Å². The molecule has 1 unspecified atom stereocenters. The van der Waals surface area contributed by atoms with Crippen molar-refractivity contribution in [1.82, 2.24) is 5.32 Å². The summed E-state index contributed by atoms with van der Waals surface area (Å²) in [7, 11) is 0. The molecule has 8 nitrogen and oxygen atoms in total. The monoisotopic (exact) mass is 677 g/mol. The van der Waals surface area contributed by atoms with E-state index in [4.69, 9.17) is 11.6 Å². The number of benzene rings is 4. The zero-order valence-electron chi connectivity index (χ0n) is 22.6. The zero-order chi connectivity index (χ0) is 30.9. The van der Waals surface area contributed by atoms with E-state index in [-0.39, 0.29) is 27.9 Å². The van der Waals surface area contributed by atoms with Crippen LogP contribution >= 0.6 is 39.3 Å². The fraction of sp³-hybridized carbons (Fsp3) is 0.0625. The minimum Gasteiger partial charge on any atom is -0.478 e. The van der Waals surface area contributed by atoms with Crippen LogP contribution in [-0.4, -0.2) is 34.0 Å². The summed E-state index contributed by atoms with van der Waals surface area (Å²) < 4.78 is 0.873. The summed E-state index contributed by atoms with van der Waals surface area (Å²) in [6, 6.07) is 26.8. The van der Waals surface area contributed by atoms with Crippen molar-refractivity contribution in [3.63, 3.8) is 0 Å². The summed E-state index contributed by atoms with van der Waals surface area (Å²) in [5.41, 5.74) is 1.80. The highest BCUT2D eigenvalue weighted by Crippen LogP contribution is 2.29. The average Bonchev–Trinajstić information content (AvgIpc) is 2.99. The van der Waals surface area contributed by atoms with Crippen LogP contribution in [0.3, 0.4) is 0 Å². The molecular weight excluding hydrogens is 654 g/mol. The lowest BCUT2D eigenvalue weighted by atomic mass is 10.1. The van der Waals surface area contributed by atoms with Gasteiger partial charge < -0.3 is 21.1 Å². The highest BCUT2D eigenvalue weighted by atomic mass is 79.9. The predicted molar refractivity (Wildman–Crippen MR) is 173 cm³/mol. The quantitative estimate of drug-likeness (QED) is 0.103. The number of aromatic carboxylic acids is 1. The number of anilines is 2. The van der Waals surface area contributed by atoms with Gasteiger partial charge in [-0.2, -0.15) is 0 Å². The zero-order valence-corrected chi connectivity index (χ0v) is 25.8. The van der Waals surface area contributed by atoms with E-state index in [1.54, 1.807) is 79.7 Å². The molecule has 1 atom stereocenters. The van der Waals surface area contributed by atoms with Gasteiger partial charge >= 0.3 is 5.97 Å². The Morgan fingerprint density at radius 1 is 0.860 bits per heavy atom. The molecule has 4 aromatic carbocycles. The molecule has 0 fully saturated rings. The maximum absolute atomic E-state index is 13.4.